The van der Waals surface area contributed by atoms with Crippen LogP contribution in [-0.4, -0.2) is 20.1 Å². The van der Waals surface area contributed by atoms with Crippen LogP contribution >= 0.6 is 0 Å². The van der Waals surface area contributed by atoms with Crippen molar-refractivity contribution in [1.29, 1.82) is 0 Å². The molecule has 3 aromatic rings. The van der Waals surface area contributed by atoms with E-state index in [0.29, 0.717) is 5.69 Å². The van der Waals surface area contributed by atoms with Gasteiger partial charge in [0.15, 0.2) is 0 Å². The molecule has 18 heavy (non-hydrogen) atoms. The third-order valence-electron chi connectivity index (χ3n) is 2.69. The summed E-state index contributed by atoms with van der Waals surface area (Å²) in [6.07, 6.45) is 1.80. The number of hydrogen-bond acceptors (Lipinski definition) is 3. The summed E-state index contributed by atoms with van der Waals surface area (Å²) >= 11 is 0. The number of phenolic OH excluding ortho intramolecular Hbond substituents is 1. The Balaban J connectivity index is 2.03. The topological polar surface area (TPSA) is 50.9 Å². The Hall–Kier alpha value is -2.62. The molecular formula is C14H11N3O. The van der Waals surface area contributed by atoms with E-state index < -0.39 is 0 Å². The number of rotatable bonds is 2. The Labute approximate surface area is 104 Å². The van der Waals surface area contributed by atoms with Gasteiger partial charge < -0.3 is 5.11 Å². The van der Waals surface area contributed by atoms with Crippen LogP contribution in [0.5, 0.6) is 5.75 Å². The standard InChI is InChI=1S/C14H11N3O/c18-14-9-5-4-8-13(14)17-10-12(15-16-17)11-6-2-1-3-7-11/h1-10,18H. The molecule has 2 aromatic carbocycles. The predicted octanol–water partition coefficient (Wildman–Crippen LogP) is 2.64. The largest absolute Gasteiger partial charge is 0.506 e. The van der Waals surface area contributed by atoms with Gasteiger partial charge in [0.05, 0.1) is 6.20 Å². The Kier molecular flexibility index (Phi) is 2.53. The van der Waals surface area contributed by atoms with Gasteiger partial charge in [-0.25, -0.2) is 4.68 Å². The average Bonchev–Trinajstić information content (AvgIpc) is 2.90. The highest BCUT2D eigenvalue weighted by molar-refractivity contribution is 5.58. The predicted molar refractivity (Wildman–Crippen MR) is 68.5 cm³/mol. The molecule has 1 aromatic heterocycles. The van der Waals surface area contributed by atoms with Gasteiger partial charge in [0.2, 0.25) is 0 Å². The lowest BCUT2D eigenvalue weighted by Crippen LogP contribution is -1.94. The summed E-state index contributed by atoms with van der Waals surface area (Å²) in [6.45, 7) is 0. The highest BCUT2D eigenvalue weighted by Gasteiger charge is 2.07. The van der Waals surface area contributed by atoms with Crippen molar-refractivity contribution in [2.75, 3.05) is 0 Å². The van der Waals surface area contributed by atoms with Gasteiger partial charge in [0.25, 0.3) is 0 Å². The quantitative estimate of drug-likeness (QED) is 0.745. The SMILES string of the molecule is Oc1ccccc1-n1cc(-c2ccccc2)nn1. The second kappa shape index (κ2) is 4.33. The minimum Gasteiger partial charge on any atom is -0.506 e. The maximum atomic E-state index is 9.76. The van der Waals surface area contributed by atoms with E-state index in [4.69, 9.17) is 0 Å². The van der Waals surface area contributed by atoms with Crippen molar-refractivity contribution in [3.63, 3.8) is 0 Å². The zero-order chi connectivity index (χ0) is 12.4. The van der Waals surface area contributed by atoms with Crippen molar-refractivity contribution < 1.29 is 5.11 Å². The molecule has 0 saturated carbocycles. The zero-order valence-corrected chi connectivity index (χ0v) is 9.56. The van der Waals surface area contributed by atoms with Crippen LogP contribution in [-0.2, 0) is 0 Å². The summed E-state index contributed by atoms with van der Waals surface area (Å²) < 4.78 is 1.57. The first-order chi connectivity index (χ1) is 8.84. The number of para-hydroxylation sites is 2. The molecule has 0 aliphatic carbocycles. The van der Waals surface area contributed by atoms with Crippen LogP contribution < -0.4 is 0 Å². The van der Waals surface area contributed by atoms with Crippen molar-refractivity contribution in [3.8, 4) is 22.7 Å². The molecule has 0 spiro atoms. The van der Waals surface area contributed by atoms with Gasteiger partial charge in [0.1, 0.15) is 17.1 Å². The fraction of sp³-hybridized carbons (Fsp3) is 0. The zero-order valence-electron chi connectivity index (χ0n) is 9.56. The molecule has 0 aliphatic rings. The highest BCUT2D eigenvalue weighted by atomic mass is 16.3. The third kappa shape index (κ3) is 1.84. The minimum atomic E-state index is 0.182. The van der Waals surface area contributed by atoms with E-state index >= 15 is 0 Å². The molecule has 0 saturated heterocycles. The summed E-state index contributed by atoms with van der Waals surface area (Å²) in [6, 6.07) is 16.8. The van der Waals surface area contributed by atoms with Crippen LogP contribution in [0.2, 0.25) is 0 Å². The first-order valence-electron chi connectivity index (χ1n) is 5.61. The molecule has 4 heteroatoms. The van der Waals surface area contributed by atoms with Gasteiger partial charge in [-0.2, -0.15) is 0 Å². The Morgan fingerprint density at radius 1 is 0.889 bits per heavy atom. The fourth-order valence-electron chi connectivity index (χ4n) is 1.78. The summed E-state index contributed by atoms with van der Waals surface area (Å²) in [5.74, 6) is 0.182. The molecule has 1 heterocycles. The van der Waals surface area contributed by atoms with E-state index in [1.54, 1.807) is 29.1 Å². The average molecular weight is 237 g/mol. The van der Waals surface area contributed by atoms with Crippen LogP contribution in [0.25, 0.3) is 16.9 Å². The number of nitrogens with zero attached hydrogens (tertiary/aromatic N) is 3. The number of aromatic hydroxyl groups is 1. The van der Waals surface area contributed by atoms with Crippen LogP contribution in [0.3, 0.4) is 0 Å². The molecule has 0 unspecified atom stereocenters. The number of aromatic nitrogens is 3. The molecular weight excluding hydrogens is 226 g/mol. The van der Waals surface area contributed by atoms with Crippen LogP contribution in [0.4, 0.5) is 0 Å². The van der Waals surface area contributed by atoms with Crippen LogP contribution in [0.15, 0.2) is 60.8 Å². The first-order valence-corrected chi connectivity index (χ1v) is 5.61. The summed E-state index contributed by atoms with van der Waals surface area (Å²) in [5.41, 5.74) is 2.39. The lowest BCUT2D eigenvalue weighted by molar-refractivity contribution is 0.470. The van der Waals surface area contributed by atoms with Crippen molar-refractivity contribution >= 4 is 0 Å². The molecule has 0 amide bonds. The molecule has 0 bridgehead atoms. The van der Waals surface area contributed by atoms with Gasteiger partial charge in [-0.05, 0) is 12.1 Å². The Bertz CT molecular complexity index is 662. The van der Waals surface area contributed by atoms with Gasteiger partial charge in [-0.1, -0.05) is 47.7 Å². The van der Waals surface area contributed by atoms with E-state index in [1.165, 1.54) is 0 Å². The molecule has 3 rings (SSSR count). The molecule has 1 N–H and O–H groups in total. The van der Waals surface area contributed by atoms with E-state index in [1.807, 2.05) is 36.4 Å². The molecule has 88 valence electrons. The second-order valence-corrected chi connectivity index (χ2v) is 3.90. The smallest absolute Gasteiger partial charge is 0.141 e. The number of benzene rings is 2. The fourth-order valence-corrected chi connectivity index (χ4v) is 1.78. The second-order valence-electron chi connectivity index (χ2n) is 3.90. The van der Waals surface area contributed by atoms with Gasteiger partial charge in [0, 0.05) is 5.56 Å². The number of phenols is 1. The minimum absolute atomic E-state index is 0.182. The molecule has 0 aliphatic heterocycles. The lowest BCUT2D eigenvalue weighted by atomic mass is 10.2. The van der Waals surface area contributed by atoms with E-state index in [-0.39, 0.29) is 5.75 Å². The van der Waals surface area contributed by atoms with E-state index in [0.717, 1.165) is 11.3 Å². The van der Waals surface area contributed by atoms with Crippen molar-refractivity contribution in [3.05, 3.63) is 60.8 Å². The summed E-state index contributed by atoms with van der Waals surface area (Å²) in [4.78, 5) is 0. The normalized spacial score (nSPS) is 10.4. The molecule has 0 fully saturated rings. The molecule has 0 atom stereocenters. The van der Waals surface area contributed by atoms with Crippen molar-refractivity contribution in [2.24, 2.45) is 0 Å². The molecule has 0 radical (unpaired) electrons. The van der Waals surface area contributed by atoms with Crippen molar-refractivity contribution in [1.82, 2.24) is 15.0 Å². The Morgan fingerprint density at radius 3 is 2.39 bits per heavy atom. The van der Waals surface area contributed by atoms with E-state index in [9.17, 15) is 5.11 Å². The number of hydrogen-bond donors (Lipinski definition) is 1. The first kappa shape index (κ1) is 10.5. The van der Waals surface area contributed by atoms with Gasteiger partial charge >= 0.3 is 0 Å². The monoisotopic (exact) mass is 237 g/mol. The van der Waals surface area contributed by atoms with Crippen molar-refractivity contribution in [2.45, 2.75) is 0 Å². The van der Waals surface area contributed by atoms with E-state index in [2.05, 4.69) is 10.3 Å². The van der Waals surface area contributed by atoms with Crippen LogP contribution in [0, 0.1) is 0 Å². The maximum Gasteiger partial charge on any atom is 0.141 e. The van der Waals surface area contributed by atoms with Gasteiger partial charge in [-0.3, -0.25) is 0 Å². The highest BCUT2D eigenvalue weighted by Crippen LogP contribution is 2.22. The summed E-state index contributed by atoms with van der Waals surface area (Å²) in [5, 5.41) is 17.9. The van der Waals surface area contributed by atoms with Crippen LogP contribution in [0.1, 0.15) is 0 Å². The maximum absolute atomic E-state index is 9.76. The Morgan fingerprint density at radius 2 is 1.61 bits per heavy atom. The lowest BCUT2D eigenvalue weighted by Gasteiger charge is -2.01. The third-order valence-corrected chi connectivity index (χ3v) is 2.69. The molecule has 4 nitrogen and oxygen atoms in total. The van der Waals surface area contributed by atoms with Gasteiger partial charge in [-0.15, -0.1) is 5.10 Å². The summed E-state index contributed by atoms with van der Waals surface area (Å²) in [7, 11) is 0.